The number of hydrogen-bond acceptors (Lipinski definition) is 4. The van der Waals surface area contributed by atoms with Crippen LogP contribution in [-0.2, 0) is 0 Å². The zero-order valence-electron chi connectivity index (χ0n) is 16.2. The predicted molar refractivity (Wildman–Crippen MR) is 112 cm³/mol. The summed E-state index contributed by atoms with van der Waals surface area (Å²) in [5.74, 6) is 0.0625. The summed E-state index contributed by atoms with van der Waals surface area (Å²) < 4.78 is 1.94. The van der Waals surface area contributed by atoms with E-state index in [1.165, 1.54) is 6.07 Å². The van der Waals surface area contributed by atoms with Gasteiger partial charge in [-0.3, -0.25) is 9.59 Å². The topological polar surface area (TPSA) is 88.0 Å². The molecule has 6 nitrogen and oxygen atoms in total. The second kappa shape index (κ2) is 7.39. The molecule has 0 fully saturated rings. The molecule has 0 saturated carbocycles. The van der Waals surface area contributed by atoms with Crippen molar-refractivity contribution in [2.75, 3.05) is 0 Å². The lowest BCUT2D eigenvalue weighted by Crippen LogP contribution is -2.12. The molecule has 2 heterocycles. The van der Waals surface area contributed by atoms with E-state index in [0.29, 0.717) is 28.0 Å². The van der Waals surface area contributed by atoms with Crippen LogP contribution in [0.25, 0.3) is 22.4 Å². The van der Waals surface area contributed by atoms with Gasteiger partial charge in [0.15, 0.2) is 11.6 Å². The van der Waals surface area contributed by atoms with E-state index in [4.69, 9.17) is 0 Å². The minimum absolute atomic E-state index is 0.0624. The summed E-state index contributed by atoms with van der Waals surface area (Å²) >= 11 is 0. The summed E-state index contributed by atoms with van der Waals surface area (Å²) in [5, 5.41) is 10.6. The van der Waals surface area contributed by atoms with Crippen LogP contribution in [0.3, 0.4) is 0 Å². The van der Waals surface area contributed by atoms with E-state index in [2.05, 4.69) is 16.9 Å². The van der Waals surface area contributed by atoms with Gasteiger partial charge in [0.25, 0.3) is 5.56 Å². The molecule has 4 aromatic rings. The standard InChI is InChI=1S/C23H21N3O3/c1-3-14(2)26-13-15(21(28)17-9-5-7-11-20(17)27)12-19(26)22-24-18-10-6-4-8-16(18)23(29)25-22/h4-14,27H,3H2,1-2H3,(H,24,25,29)/t14-/m0/s1. The maximum absolute atomic E-state index is 13.0. The van der Waals surface area contributed by atoms with E-state index in [-0.39, 0.29) is 28.7 Å². The lowest BCUT2D eigenvalue weighted by Gasteiger charge is -2.15. The molecule has 6 heteroatoms. The first kappa shape index (κ1) is 18.7. The fourth-order valence-electron chi connectivity index (χ4n) is 3.38. The number of fused-ring (bicyclic) bond motifs is 1. The molecule has 0 aliphatic rings. The molecule has 0 unspecified atom stereocenters. The third-order valence-electron chi connectivity index (χ3n) is 5.18. The number of phenols is 1. The van der Waals surface area contributed by atoms with Crippen molar-refractivity contribution in [2.24, 2.45) is 0 Å². The summed E-state index contributed by atoms with van der Waals surface area (Å²) in [6.07, 6.45) is 2.59. The smallest absolute Gasteiger partial charge is 0.259 e. The molecular weight excluding hydrogens is 366 g/mol. The summed E-state index contributed by atoms with van der Waals surface area (Å²) in [4.78, 5) is 33.0. The maximum Gasteiger partial charge on any atom is 0.259 e. The van der Waals surface area contributed by atoms with Gasteiger partial charge in [0.1, 0.15) is 5.75 Å². The molecule has 0 radical (unpaired) electrons. The third kappa shape index (κ3) is 3.33. The van der Waals surface area contributed by atoms with Crippen molar-refractivity contribution in [3.63, 3.8) is 0 Å². The number of aromatic hydroxyl groups is 1. The molecule has 0 spiro atoms. The van der Waals surface area contributed by atoms with Gasteiger partial charge >= 0.3 is 0 Å². The van der Waals surface area contributed by atoms with Gasteiger partial charge in [-0.25, -0.2) is 4.98 Å². The fraction of sp³-hybridized carbons (Fsp3) is 0.174. The Morgan fingerprint density at radius 3 is 2.66 bits per heavy atom. The Morgan fingerprint density at radius 2 is 1.90 bits per heavy atom. The van der Waals surface area contributed by atoms with Crippen LogP contribution in [0.15, 0.2) is 65.6 Å². The number of aromatic amines is 1. The highest BCUT2D eigenvalue weighted by atomic mass is 16.3. The molecule has 29 heavy (non-hydrogen) atoms. The molecule has 146 valence electrons. The molecule has 2 aromatic carbocycles. The van der Waals surface area contributed by atoms with Crippen molar-refractivity contribution in [1.29, 1.82) is 0 Å². The van der Waals surface area contributed by atoms with Crippen molar-refractivity contribution < 1.29 is 9.90 Å². The Morgan fingerprint density at radius 1 is 1.17 bits per heavy atom. The number of H-pyrrole nitrogens is 1. The second-order valence-corrected chi connectivity index (χ2v) is 7.06. The van der Waals surface area contributed by atoms with Crippen LogP contribution in [0.5, 0.6) is 5.75 Å². The van der Waals surface area contributed by atoms with Gasteiger partial charge < -0.3 is 14.7 Å². The molecular formula is C23H21N3O3. The number of para-hydroxylation sites is 2. The molecule has 0 aliphatic carbocycles. The SMILES string of the molecule is CC[C@H](C)n1cc(C(=O)c2ccccc2O)cc1-c1nc2ccccc2c(=O)[nH]1. The highest BCUT2D eigenvalue weighted by molar-refractivity contribution is 6.11. The van der Waals surface area contributed by atoms with Crippen LogP contribution in [0.4, 0.5) is 0 Å². The molecule has 2 N–H and O–H groups in total. The number of hydrogen-bond donors (Lipinski definition) is 2. The molecule has 4 rings (SSSR count). The lowest BCUT2D eigenvalue weighted by atomic mass is 10.0. The number of benzene rings is 2. The number of carbonyl (C=O) groups excluding carboxylic acids is 1. The van der Waals surface area contributed by atoms with Gasteiger partial charge in [0.2, 0.25) is 0 Å². The van der Waals surface area contributed by atoms with E-state index in [0.717, 1.165) is 6.42 Å². The number of nitrogens with one attached hydrogen (secondary N) is 1. The Hall–Kier alpha value is -3.67. The van der Waals surface area contributed by atoms with Gasteiger partial charge in [0, 0.05) is 17.8 Å². The van der Waals surface area contributed by atoms with Gasteiger partial charge in [-0.05, 0) is 43.7 Å². The number of nitrogens with zero attached hydrogens (tertiary/aromatic N) is 2. The predicted octanol–water partition coefficient (Wildman–Crippen LogP) is 4.30. The van der Waals surface area contributed by atoms with E-state index in [1.54, 1.807) is 48.7 Å². The first-order valence-electron chi connectivity index (χ1n) is 9.53. The Balaban J connectivity index is 1.89. The van der Waals surface area contributed by atoms with Crippen LogP contribution in [0.1, 0.15) is 42.2 Å². The number of carbonyl (C=O) groups is 1. The number of phenolic OH excluding ortho intramolecular Hbond substituents is 1. The summed E-state index contributed by atoms with van der Waals surface area (Å²) in [5.41, 5.74) is 1.69. The van der Waals surface area contributed by atoms with Crippen molar-refractivity contribution in [3.05, 3.63) is 82.3 Å². The zero-order chi connectivity index (χ0) is 20.5. The van der Waals surface area contributed by atoms with Crippen molar-refractivity contribution >= 4 is 16.7 Å². The Labute approximate surface area is 167 Å². The normalized spacial score (nSPS) is 12.2. The van der Waals surface area contributed by atoms with Crippen molar-refractivity contribution in [1.82, 2.24) is 14.5 Å². The summed E-state index contributed by atoms with van der Waals surface area (Å²) in [6.45, 7) is 4.09. The summed E-state index contributed by atoms with van der Waals surface area (Å²) in [7, 11) is 0. The minimum atomic E-state index is -0.283. The average Bonchev–Trinajstić information content (AvgIpc) is 3.18. The van der Waals surface area contributed by atoms with Crippen LogP contribution in [0, 0.1) is 0 Å². The average molecular weight is 387 g/mol. The van der Waals surface area contributed by atoms with E-state index in [1.807, 2.05) is 17.6 Å². The Kier molecular flexibility index (Phi) is 4.76. The number of ketones is 1. The highest BCUT2D eigenvalue weighted by Crippen LogP contribution is 2.28. The molecule has 0 amide bonds. The highest BCUT2D eigenvalue weighted by Gasteiger charge is 2.20. The van der Waals surface area contributed by atoms with Crippen LogP contribution < -0.4 is 5.56 Å². The maximum atomic E-state index is 13.0. The van der Waals surface area contributed by atoms with Crippen LogP contribution >= 0.6 is 0 Å². The lowest BCUT2D eigenvalue weighted by molar-refractivity contribution is 0.103. The Bertz CT molecular complexity index is 1270. The largest absolute Gasteiger partial charge is 0.507 e. The van der Waals surface area contributed by atoms with Crippen LogP contribution in [0.2, 0.25) is 0 Å². The molecule has 0 saturated heterocycles. The second-order valence-electron chi connectivity index (χ2n) is 7.06. The first-order valence-corrected chi connectivity index (χ1v) is 9.53. The van der Waals surface area contributed by atoms with Crippen molar-refractivity contribution in [2.45, 2.75) is 26.3 Å². The fourth-order valence-corrected chi connectivity index (χ4v) is 3.38. The van der Waals surface area contributed by atoms with Gasteiger partial charge in [0.05, 0.1) is 22.2 Å². The van der Waals surface area contributed by atoms with Gasteiger partial charge in [-0.2, -0.15) is 0 Å². The van der Waals surface area contributed by atoms with Gasteiger partial charge in [-0.15, -0.1) is 0 Å². The quantitative estimate of drug-likeness (QED) is 0.500. The van der Waals surface area contributed by atoms with Crippen molar-refractivity contribution in [3.8, 4) is 17.3 Å². The monoisotopic (exact) mass is 387 g/mol. The zero-order valence-corrected chi connectivity index (χ0v) is 16.2. The first-order chi connectivity index (χ1) is 14.0. The number of aromatic nitrogens is 3. The third-order valence-corrected chi connectivity index (χ3v) is 5.18. The van der Waals surface area contributed by atoms with E-state index < -0.39 is 0 Å². The molecule has 0 bridgehead atoms. The summed E-state index contributed by atoms with van der Waals surface area (Å²) in [6, 6.07) is 15.4. The van der Waals surface area contributed by atoms with Crippen LogP contribution in [-0.4, -0.2) is 25.4 Å². The number of rotatable bonds is 5. The van der Waals surface area contributed by atoms with E-state index in [9.17, 15) is 14.7 Å². The minimum Gasteiger partial charge on any atom is -0.507 e. The molecule has 1 atom stereocenters. The molecule has 2 aromatic heterocycles. The van der Waals surface area contributed by atoms with Gasteiger partial charge in [-0.1, -0.05) is 31.2 Å². The van der Waals surface area contributed by atoms with E-state index >= 15 is 0 Å². The molecule has 0 aliphatic heterocycles.